The van der Waals surface area contributed by atoms with Crippen molar-refractivity contribution in [2.75, 3.05) is 14.2 Å². The Balaban J connectivity index is 2.68. The minimum absolute atomic E-state index is 0.557. The van der Waals surface area contributed by atoms with E-state index in [2.05, 4.69) is 10.5 Å². The summed E-state index contributed by atoms with van der Waals surface area (Å²) in [4.78, 5) is 11.4. The molecule has 0 aliphatic rings. The number of carbonyl (C=O) groups excluding carboxylic acids is 1. The van der Waals surface area contributed by atoms with Gasteiger partial charge in [0.1, 0.15) is 17.1 Å². The Morgan fingerprint density at radius 3 is 2.15 bits per heavy atom. The van der Waals surface area contributed by atoms with Crippen LogP contribution in [-0.4, -0.2) is 32.1 Å². The first-order valence-electron chi connectivity index (χ1n) is 6.09. The molecule has 20 heavy (non-hydrogen) atoms. The van der Waals surface area contributed by atoms with Crippen molar-refractivity contribution < 1.29 is 19.0 Å². The second-order valence-corrected chi connectivity index (χ2v) is 5.02. The number of methoxy groups -OCH3 is 2. The zero-order valence-electron chi connectivity index (χ0n) is 12.4. The largest absolute Gasteiger partial charge is 0.497 e. The van der Waals surface area contributed by atoms with E-state index in [-0.39, 0.29) is 0 Å². The summed E-state index contributed by atoms with van der Waals surface area (Å²) in [5, 5.41) is 3.82. The molecular formula is C14H20N2O4. The summed E-state index contributed by atoms with van der Waals surface area (Å²) >= 11 is 0. The van der Waals surface area contributed by atoms with Gasteiger partial charge in [-0.25, -0.2) is 10.2 Å². The highest BCUT2D eigenvalue weighted by Gasteiger charge is 2.15. The van der Waals surface area contributed by atoms with Gasteiger partial charge in [0.15, 0.2) is 0 Å². The monoisotopic (exact) mass is 280 g/mol. The van der Waals surface area contributed by atoms with E-state index in [1.165, 1.54) is 6.21 Å². The number of carbonyl (C=O) groups is 1. The van der Waals surface area contributed by atoms with Crippen molar-refractivity contribution in [3.63, 3.8) is 0 Å². The van der Waals surface area contributed by atoms with Crippen LogP contribution in [0.15, 0.2) is 23.3 Å². The van der Waals surface area contributed by atoms with E-state index in [4.69, 9.17) is 14.2 Å². The van der Waals surface area contributed by atoms with Crippen molar-refractivity contribution in [3.8, 4) is 11.5 Å². The van der Waals surface area contributed by atoms with E-state index in [1.807, 2.05) is 0 Å². The molecular weight excluding hydrogens is 260 g/mol. The zero-order chi connectivity index (χ0) is 15.2. The van der Waals surface area contributed by atoms with Crippen molar-refractivity contribution in [1.82, 2.24) is 5.43 Å². The van der Waals surface area contributed by atoms with E-state index in [0.717, 1.165) is 5.56 Å². The normalized spacial score (nSPS) is 11.2. The third-order valence-electron chi connectivity index (χ3n) is 2.14. The maximum Gasteiger partial charge on any atom is 0.428 e. The molecule has 0 heterocycles. The van der Waals surface area contributed by atoms with Crippen LogP contribution >= 0.6 is 0 Å². The fraction of sp³-hybridized carbons (Fsp3) is 0.429. The highest BCUT2D eigenvalue weighted by molar-refractivity contribution is 5.82. The van der Waals surface area contributed by atoms with Crippen LogP contribution in [0.2, 0.25) is 0 Å². The number of hydrogen-bond acceptors (Lipinski definition) is 5. The van der Waals surface area contributed by atoms with Crippen LogP contribution in [-0.2, 0) is 4.74 Å². The molecule has 1 aromatic rings. The molecule has 110 valence electrons. The van der Waals surface area contributed by atoms with Crippen LogP contribution < -0.4 is 14.9 Å². The van der Waals surface area contributed by atoms with Gasteiger partial charge in [-0.05, 0) is 32.9 Å². The molecule has 1 amide bonds. The summed E-state index contributed by atoms with van der Waals surface area (Å²) in [6.07, 6.45) is 0.873. The molecule has 1 rings (SSSR count). The Labute approximate surface area is 118 Å². The average molecular weight is 280 g/mol. The lowest BCUT2D eigenvalue weighted by molar-refractivity contribution is 0.0529. The number of hydrazone groups is 1. The predicted octanol–water partition coefficient (Wildman–Crippen LogP) is 2.56. The number of ether oxygens (including phenoxy) is 3. The number of rotatable bonds is 4. The second kappa shape index (κ2) is 6.79. The molecule has 0 radical (unpaired) electrons. The molecule has 0 saturated heterocycles. The smallest absolute Gasteiger partial charge is 0.428 e. The Hall–Kier alpha value is -2.24. The first-order valence-corrected chi connectivity index (χ1v) is 6.09. The first kappa shape index (κ1) is 15.8. The van der Waals surface area contributed by atoms with Gasteiger partial charge in [0, 0.05) is 11.6 Å². The molecule has 6 heteroatoms. The van der Waals surface area contributed by atoms with Crippen LogP contribution in [0.25, 0.3) is 0 Å². The molecule has 0 aromatic heterocycles. The lowest BCUT2D eigenvalue weighted by atomic mass is 10.2. The van der Waals surface area contributed by atoms with Gasteiger partial charge in [-0.1, -0.05) is 0 Å². The summed E-state index contributed by atoms with van der Waals surface area (Å²) in [5.74, 6) is 1.28. The van der Waals surface area contributed by atoms with E-state index in [0.29, 0.717) is 11.5 Å². The van der Waals surface area contributed by atoms with Gasteiger partial charge in [-0.3, -0.25) is 0 Å². The van der Waals surface area contributed by atoms with Crippen LogP contribution in [0, 0.1) is 0 Å². The summed E-state index contributed by atoms with van der Waals surface area (Å²) < 4.78 is 15.3. The van der Waals surface area contributed by atoms with Crippen molar-refractivity contribution in [1.29, 1.82) is 0 Å². The van der Waals surface area contributed by atoms with Crippen LogP contribution in [0.1, 0.15) is 26.3 Å². The summed E-state index contributed by atoms with van der Waals surface area (Å²) in [6, 6.07) is 5.28. The Kier molecular flexibility index (Phi) is 5.37. The highest BCUT2D eigenvalue weighted by Crippen LogP contribution is 2.21. The summed E-state index contributed by atoms with van der Waals surface area (Å²) in [6.45, 7) is 5.34. The molecule has 6 nitrogen and oxygen atoms in total. The van der Waals surface area contributed by atoms with Gasteiger partial charge in [0.25, 0.3) is 0 Å². The van der Waals surface area contributed by atoms with Gasteiger partial charge in [0.05, 0.1) is 20.4 Å². The third kappa shape index (κ3) is 5.60. The minimum atomic E-state index is -0.608. The molecule has 1 N–H and O–H groups in total. The second-order valence-electron chi connectivity index (χ2n) is 5.02. The van der Waals surface area contributed by atoms with E-state index in [9.17, 15) is 4.79 Å². The molecule has 0 fully saturated rings. The molecule has 0 atom stereocenters. The standard InChI is InChI=1S/C14H20N2O4/c1-14(2,3)20-13(17)16-15-9-10-6-11(18-4)8-12(7-10)19-5/h6-9H,1-5H3,(H,16,17)/b15-9-. The fourth-order valence-electron chi connectivity index (χ4n) is 1.36. The number of nitrogens with one attached hydrogen (secondary N) is 1. The summed E-state index contributed by atoms with van der Waals surface area (Å²) in [5.41, 5.74) is 2.47. The lowest BCUT2D eigenvalue weighted by Gasteiger charge is -2.18. The zero-order valence-corrected chi connectivity index (χ0v) is 12.4. The number of benzene rings is 1. The van der Waals surface area contributed by atoms with E-state index in [1.54, 1.807) is 53.2 Å². The maximum absolute atomic E-state index is 11.4. The van der Waals surface area contributed by atoms with E-state index < -0.39 is 11.7 Å². The molecule has 0 aliphatic heterocycles. The Morgan fingerprint density at radius 1 is 1.15 bits per heavy atom. The first-order chi connectivity index (χ1) is 9.34. The van der Waals surface area contributed by atoms with Crippen molar-refractivity contribution in [3.05, 3.63) is 23.8 Å². The van der Waals surface area contributed by atoms with Crippen LogP contribution in [0.4, 0.5) is 4.79 Å². The topological polar surface area (TPSA) is 69.2 Å². The molecule has 0 bridgehead atoms. The van der Waals surface area contributed by atoms with Crippen molar-refractivity contribution >= 4 is 12.3 Å². The molecule has 0 saturated carbocycles. The van der Waals surface area contributed by atoms with Gasteiger partial charge in [0.2, 0.25) is 0 Å². The van der Waals surface area contributed by atoms with Crippen LogP contribution in [0.3, 0.4) is 0 Å². The van der Waals surface area contributed by atoms with Gasteiger partial charge in [-0.15, -0.1) is 0 Å². The lowest BCUT2D eigenvalue weighted by Crippen LogP contribution is -2.29. The number of amides is 1. The third-order valence-corrected chi connectivity index (χ3v) is 2.14. The molecule has 0 aliphatic carbocycles. The predicted molar refractivity (Wildman–Crippen MR) is 76.5 cm³/mol. The van der Waals surface area contributed by atoms with Crippen LogP contribution in [0.5, 0.6) is 11.5 Å². The molecule has 1 aromatic carbocycles. The Bertz CT molecular complexity index is 470. The summed E-state index contributed by atoms with van der Waals surface area (Å²) in [7, 11) is 3.13. The van der Waals surface area contributed by atoms with Crippen molar-refractivity contribution in [2.24, 2.45) is 5.10 Å². The Morgan fingerprint density at radius 2 is 1.70 bits per heavy atom. The average Bonchev–Trinajstić information content (AvgIpc) is 2.36. The fourth-order valence-corrected chi connectivity index (χ4v) is 1.36. The van der Waals surface area contributed by atoms with Gasteiger partial charge in [-0.2, -0.15) is 5.10 Å². The molecule has 0 unspecified atom stereocenters. The SMILES string of the molecule is COc1cc(/C=N\NC(=O)OC(C)(C)C)cc(OC)c1. The maximum atomic E-state index is 11.4. The van der Waals surface area contributed by atoms with E-state index >= 15 is 0 Å². The minimum Gasteiger partial charge on any atom is -0.497 e. The number of hydrogen-bond donors (Lipinski definition) is 1. The van der Waals surface area contributed by atoms with Crippen molar-refractivity contribution in [2.45, 2.75) is 26.4 Å². The quantitative estimate of drug-likeness (QED) is 0.679. The van der Waals surface area contributed by atoms with Gasteiger partial charge < -0.3 is 14.2 Å². The van der Waals surface area contributed by atoms with Gasteiger partial charge >= 0.3 is 6.09 Å². The highest BCUT2D eigenvalue weighted by atomic mass is 16.6. The molecule has 0 spiro atoms. The number of nitrogens with zero attached hydrogens (tertiary/aromatic N) is 1.